The van der Waals surface area contributed by atoms with Gasteiger partial charge in [-0.3, -0.25) is 4.79 Å². The highest BCUT2D eigenvalue weighted by Crippen LogP contribution is 2.32. The minimum atomic E-state index is -0.783. The number of phenolic OH excluding ortho intramolecular Hbond substituents is 1. The molecule has 2 rings (SSSR count). The lowest BCUT2D eigenvalue weighted by molar-refractivity contribution is -0.125. The normalized spacial score (nSPS) is 17.3. The van der Waals surface area contributed by atoms with Gasteiger partial charge in [0.1, 0.15) is 5.75 Å². The van der Waals surface area contributed by atoms with Crippen LogP contribution < -0.4 is 5.32 Å². The maximum absolute atomic E-state index is 11.7. The number of hydrogen-bond donors (Lipinski definition) is 3. The first-order chi connectivity index (χ1) is 9.07. The fraction of sp³-hybridized carbons (Fsp3) is 0.533. The predicted molar refractivity (Wildman–Crippen MR) is 72.9 cm³/mol. The monoisotopic (exact) mass is 263 g/mol. The maximum atomic E-state index is 11.7. The lowest BCUT2D eigenvalue weighted by atomic mass is 9.97. The largest absolute Gasteiger partial charge is 0.508 e. The summed E-state index contributed by atoms with van der Waals surface area (Å²) in [6.07, 6.45) is 4.35. The van der Waals surface area contributed by atoms with Crippen molar-refractivity contribution in [2.24, 2.45) is 0 Å². The number of benzene rings is 1. The fourth-order valence-corrected chi connectivity index (χ4v) is 2.63. The van der Waals surface area contributed by atoms with Gasteiger partial charge in [-0.25, -0.2) is 0 Å². The van der Waals surface area contributed by atoms with Crippen molar-refractivity contribution in [1.29, 1.82) is 0 Å². The molecule has 0 atom stereocenters. The van der Waals surface area contributed by atoms with Crippen molar-refractivity contribution < 1.29 is 15.0 Å². The Hall–Kier alpha value is -1.55. The van der Waals surface area contributed by atoms with Crippen molar-refractivity contribution in [3.63, 3.8) is 0 Å². The van der Waals surface area contributed by atoms with Gasteiger partial charge < -0.3 is 15.5 Å². The van der Waals surface area contributed by atoms with E-state index in [1.807, 2.05) is 6.07 Å². The summed E-state index contributed by atoms with van der Waals surface area (Å²) in [6, 6.07) is 7.01. The summed E-state index contributed by atoms with van der Waals surface area (Å²) in [5, 5.41) is 22.3. The summed E-state index contributed by atoms with van der Waals surface area (Å²) in [6.45, 7) is 0.526. The zero-order valence-electron chi connectivity index (χ0n) is 11.1. The number of hydrogen-bond acceptors (Lipinski definition) is 3. The highest BCUT2D eigenvalue weighted by Gasteiger charge is 2.33. The standard InChI is InChI=1S/C15H21NO3/c17-13-5-3-4-12(10-13)6-9-16-14(18)11-15(19)7-1-2-8-15/h3-5,10,17,19H,1-2,6-9,11H2,(H,16,18). The summed E-state index contributed by atoms with van der Waals surface area (Å²) >= 11 is 0. The van der Waals surface area contributed by atoms with Gasteiger partial charge in [-0.1, -0.05) is 25.0 Å². The van der Waals surface area contributed by atoms with Crippen LogP contribution in [0.15, 0.2) is 24.3 Å². The minimum absolute atomic E-state index is 0.0930. The molecule has 0 saturated heterocycles. The average Bonchev–Trinajstić information content (AvgIpc) is 2.75. The Morgan fingerprint density at radius 2 is 2.05 bits per heavy atom. The van der Waals surface area contributed by atoms with E-state index in [1.54, 1.807) is 18.2 Å². The van der Waals surface area contributed by atoms with Crippen LogP contribution in [0.4, 0.5) is 0 Å². The summed E-state index contributed by atoms with van der Waals surface area (Å²) in [5.41, 5.74) is 0.203. The molecule has 1 aromatic carbocycles. The zero-order valence-corrected chi connectivity index (χ0v) is 11.1. The molecule has 1 fully saturated rings. The first kappa shape index (κ1) is 13.9. The van der Waals surface area contributed by atoms with Gasteiger partial charge in [-0.05, 0) is 37.0 Å². The van der Waals surface area contributed by atoms with Crippen LogP contribution in [-0.4, -0.2) is 28.3 Å². The van der Waals surface area contributed by atoms with Gasteiger partial charge in [0, 0.05) is 6.54 Å². The predicted octanol–water partition coefficient (Wildman–Crippen LogP) is 1.75. The van der Waals surface area contributed by atoms with Gasteiger partial charge in [0.05, 0.1) is 12.0 Å². The molecule has 0 bridgehead atoms. The summed E-state index contributed by atoms with van der Waals surface area (Å²) in [5.74, 6) is 0.147. The van der Waals surface area contributed by atoms with E-state index in [0.717, 1.165) is 31.2 Å². The van der Waals surface area contributed by atoms with Crippen molar-refractivity contribution in [1.82, 2.24) is 5.32 Å². The molecule has 0 heterocycles. The number of carbonyl (C=O) groups excluding carboxylic acids is 1. The molecule has 4 heteroatoms. The highest BCUT2D eigenvalue weighted by atomic mass is 16.3. The molecule has 104 valence electrons. The van der Waals surface area contributed by atoms with Crippen molar-refractivity contribution in [2.45, 2.75) is 44.1 Å². The molecule has 1 aliphatic rings. The van der Waals surface area contributed by atoms with E-state index in [4.69, 9.17) is 0 Å². The smallest absolute Gasteiger partial charge is 0.222 e. The third-order valence-corrected chi connectivity index (χ3v) is 3.67. The summed E-state index contributed by atoms with van der Waals surface area (Å²) in [4.78, 5) is 11.7. The first-order valence-electron chi connectivity index (χ1n) is 6.84. The van der Waals surface area contributed by atoms with Crippen LogP contribution in [0.5, 0.6) is 5.75 Å². The van der Waals surface area contributed by atoms with Crippen LogP contribution in [0.25, 0.3) is 0 Å². The van der Waals surface area contributed by atoms with E-state index < -0.39 is 5.60 Å². The molecule has 1 aliphatic carbocycles. The number of nitrogens with one attached hydrogen (secondary N) is 1. The summed E-state index contributed by atoms with van der Waals surface area (Å²) < 4.78 is 0. The second kappa shape index (κ2) is 6.06. The Bertz CT molecular complexity index is 439. The Morgan fingerprint density at radius 1 is 1.32 bits per heavy atom. The number of phenols is 1. The molecule has 0 spiro atoms. The topological polar surface area (TPSA) is 69.6 Å². The van der Waals surface area contributed by atoms with Gasteiger partial charge in [-0.15, -0.1) is 0 Å². The molecule has 1 amide bonds. The molecule has 0 aromatic heterocycles. The van der Waals surface area contributed by atoms with Gasteiger partial charge in [0.15, 0.2) is 0 Å². The van der Waals surface area contributed by atoms with E-state index in [-0.39, 0.29) is 18.1 Å². The van der Waals surface area contributed by atoms with Crippen LogP contribution in [0, 0.1) is 0 Å². The zero-order chi connectivity index (χ0) is 13.7. The Balaban J connectivity index is 1.72. The quantitative estimate of drug-likeness (QED) is 0.758. The summed E-state index contributed by atoms with van der Waals surface area (Å²) in [7, 11) is 0. The molecule has 0 unspecified atom stereocenters. The number of carbonyl (C=O) groups is 1. The average molecular weight is 263 g/mol. The van der Waals surface area contributed by atoms with Gasteiger partial charge in [0.2, 0.25) is 5.91 Å². The van der Waals surface area contributed by atoms with Crippen LogP contribution in [0.1, 0.15) is 37.7 Å². The van der Waals surface area contributed by atoms with E-state index in [9.17, 15) is 15.0 Å². The molecular weight excluding hydrogens is 242 g/mol. The van der Waals surface area contributed by atoms with Crippen LogP contribution in [0.2, 0.25) is 0 Å². The molecule has 3 N–H and O–H groups in total. The van der Waals surface area contributed by atoms with E-state index >= 15 is 0 Å². The second-order valence-corrected chi connectivity index (χ2v) is 5.38. The SMILES string of the molecule is O=C(CC1(O)CCCC1)NCCc1cccc(O)c1. The van der Waals surface area contributed by atoms with E-state index in [2.05, 4.69) is 5.32 Å². The molecule has 0 aliphatic heterocycles. The molecule has 19 heavy (non-hydrogen) atoms. The number of amides is 1. The van der Waals surface area contributed by atoms with E-state index in [0.29, 0.717) is 13.0 Å². The second-order valence-electron chi connectivity index (χ2n) is 5.38. The highest BCUT2D eigenvalue weighted by molar-refractivity contribution is 5.77. The van der Waals surface area contributed by atoms with Gasteiger partial charge >= 0.3 is 0 Å². The third kappa shape index (κ3) is 4.24. The number of aliphatic hydroxyl groups is 1. The fourth-order valence-electron chi connectivity index (χ4n) is 2.63. The Labute approximate surface area is 113 Å². The third-order valence-electron chi connectivity index (χ3n) is 3.67. The molecule has 1 saturated carbocycles. The van der Waals surface area contributed by atoms with Crippen LogP contribution >= 0.6 is 0 Å². The molecule has 4 nitrogen and oxygen atoms in total. The van der Waals surface area contributed by atoms with Gasteiger partial charge in [-0.2, -0.15) is 0 Å². The molecule has 1 aromatic rings. The Kier molecular flexibility index (Phi) is 4.43. The number of aromatic hydroxyl groups is 1. The molecular formula is C15H21NO3. The van der Waals surface area contributed by atoms with Crippen LogP contribution in [0.3, 0.4) is 0 Å². The van der Waals surface area contributed by atoms with Crippen LogP contribution in [-0.2, 0) is 11.2 Å². The van der Waals surface area contributed by atoms with E-state index in [1.165, 1.54) is 0 Å². The lowest BCUT2D eigenvalue weighted by Crippen LogP contribution is -2.35. The van der Waals surface area contributed by atoms with Crippen molar-refractivity contribution in [3.8, 4) is 5.75 Å². The van der Waals surface area contributed by atoms with Crippen molar-refractivity contribution >= 4 is 5.91 Å². The van der Waals surface area contributed by atoms with Gasteiger partial charge in [0.25, 0.3) is 0 Å². The van der Waals surface area contributed by atoms with Crippen molar-refractivity contribution in [3.05, 3.63) is 29.8 Å². The minimum Gasteiger partial charge on any atom is -0.508 e. The first-order valence-corrected chi connectivity index (χ1v) is 6.84. The Morgan fingerprint density at radius 3 is 2.74 bits per heavy atom. The molecule has 0 radical (unpaired) electrons. The number of rotatable bonds is 5. The maximum Gasteiger partial charge on any atom is 0.222 e. The lowest BCUT2D eigenvalue weighted by Gasteiger charge is -2.21. The van der Waals surface area contributed by atoms with Crippen molar-refractivity contribution in [2.75, 3.05) is 6.54 Å².